The number of benzene rings is 1. The van der Waals surface area contributed by atoms with Gasteiger partial charge in [-0.2, -0.15) is 0 Å². The lowest BCUT2D eigenvalue weighted by Crippen LogP contribution is -2.25. The molecule has 0 radical (unpaired) electrons. The lowest BCUT2D eigenvalue weighted by molar-refractivity contribution is -0.107. The molecule has 1 saturated heterocycles. The van der Waals surface area contributed by atoms with E-state index in [9.17, 15) is 8.42 Å². The molecule has 1 aliphatic rings. The summed E-state index contributed by atoms with van der Waals surface area (Å²) in [7, 11) is -2.98. The van der Waals surface area contributed by atoms with Crippen molar-refractivity contribution >= 4 is 20.7 Å². The molecule has 1 N–H and O–H groups in total. The Bertz CT molecular complexity index is 1110. The Hall–Kier alpha value is -2.49. The Morgan fingerprint density at radius 2 is 2.10 bits per heavy atom. The van der Waals surface area contributed by atoms with Crippen LogP contribution in [0.2, 0.25) is 0 Å². The van der Waals surface area contributed by atoms with Crippen molar-refractivity contribution in [1.82, 2.24) is 15.3 Å². The highest BCUT2D eigenvalue weighted by Gasteiger charge is 2.18. The molecule has 8 nitrogen and oxygen atoms in total. The number of hydrogen-bond donors (Lipinski definition) is 1. The predicted molar refractivity (Wildman–Crippen MR) is 113 cm³/mol. The van der Waals surface area contributed by atoms with Crippen molar-refractivity contribution in [3.05, 3.63) is 42.4 Å². The van der Waals surface area contributed by atoms with Gasteiger partial charge < -0.3 is 19.2 Å². The van der Waals surface area contributed by atoms with E-state index in [-0.39, 0.29) is 12.0 Å². The van der Waals surface area contributed by atoms with Crippen LogP contribution >= 0.6 is 0 Å². The van der Waals surface area contributed by atoms with Gasteiger partial charge in [-0.25, -0.2) is 18.4 Å². The molecule has 30 heavy (non-hydrogen) atoms. The molecule has 0 bridgehead atoms. The summed E-state index contributed by atoms with van der Waals surface area (Å²) >= 11 is 0. The number of rotatable bonds is 8. The van der Waals surface area contributed by atoms with E-state index in [1.807, 2.05) is 30.3 Å². The highest BCUT2D eigenvalue weighted by molar-refractivity contribution is 7.90. The average Bonchev–Trinajstić information content (AvgIpc) is 3.20. The molecule has 9 heteroatoms. The number of fused-ring (bicyclic) bond motifs is 1. The van der Waals surface area contributed by atoms with Crippen LogP contribution in [-0.4, -0.2) is 49.8 Å². The fraction of sp³-hybridized carbons (Fsp3) is 0.429. The number of sulfone groups is 1. The van der Waals surface area contributed by atoms with Crippen molar-refractivity contribution in [1.29, 1.82) is 0 Å². The minimum absolute atomic E-state index is 0.0960. The number of nitrogens with zero attached hydrogens (tertiary/aromatic N) is 2. The van der Waals surface area contributed by atoms with Gasteiger partial charge in [0.2, 0.25) is 12.2 Å². The van der Waals surface area contributed by atoms with Crippen LogP contribution < -0.4 is 10.1 Å². The van der Waals surface area contributed by atoms with Crippen LogP contribution in [0.15, 0.2) is 41.1 Å². The zero-order valence-corrected chi connectivity index (χ0v) is 17.7. The zero-order valence-electron chi connectivity index (χ0n) is 16.8. The molecule has 0 aliphatic carbocycles. The van der Waals surface area contributed by atoms with Gasteiger partial charge in [0.1, 0.15) is 27.7 Å². The maximum absolute atomic E-state index is 11.2. The molecule has 0 unspecified atom stereocenters. The van der Waals surface area contributed by atoms with Crippen LogP contribution in [0, 0.1) is 0 Å². The van der Waals surface area contributed by atoms with Gasteiger partial charge >= 0.3 is 0 Å². The maximum atomic E-state index is 11.2. The molecule has 0 amide bonds. The summed E-state index contributed by atoms with van der Waals surface area (Å²) in [4.78, 5) is 8.63. The topological polar surface area (TPSA) is 104 Å². The fourth-order valence-corrected chi connectivity index (χ4v) is 3.82. The Morgan fingerprint density at radius 3 is 2.90 bits per heavy atom. The summed E-state index contributed by atoms with van der Waals surface area (Å²) in [5.41, 5.74) is 1.67. The van der Waals surface area contributed by atoms with Crippen molar-refractivity contribution < 1.29 is 22.3 Å². The van der Waals surface area contributed by atoms with Gasteiger partial charge in [-0.05, 0) is 43.2 Å². The number of furan rings is 1. The molecule has 0 spiro atoms. The van der Waals surface area contributed by atoms with E-state index in [1.54, 1.807) is 0 Å². The first kappa shape index (κ1) is 20.8. The third kappa shape index (κ3) is 5.35. The summed E-state index contributed by atoms with van der Waals surface area (Å²) < 4.78 is 40.0. The number of aromatic nitrogens is 2. The maximum Gasteiger partial charge on any atom is 0.226 e. The normalized spacial score (nSPS) is 17.3. The Morgan fingerprint density at radius 1 is 1.20 bits per heavy atom. The molecule has 3 heterocycles. The highest BCUT2D eigenvalue weighted by atomic mass is 32.2. The van der Waals surface area contributed by atoms with Crippen LogP contribution in [0.25, 0.3) is 22.2 Å². The Kier molecular flexibility index (Phi) is 6.31. The predicted octanol–water partition coefficient (Wildman–Crippen LogP) is 2.93. The molecule has 160 valence electrons. The number of nitrogens with one attached hydrogen (secondary N) is 1. The van der Waals surface area contributed by atoms with E-state index in [0.717, 1.165) is 41.5 Å². The summed E-state index contributed by atoms with van der Waals surface area (Å²) in [6, 6.07) is 9.57. The molecule has 1 atom stereocenters. The zero-order chi connectivity index (χ0) is 21.0. The minimum atomic E-state index is -2.98. The molecule has 1 fully saturated rings. The quantitative estimate of drug-likeness (QED) is 0.543. The second-order valence-electron chi connectivity index (χ2n) is 7.40. The number of hydrogen-bond acceptors (Lipinski definition) is 8. The lowest BCUT2D eigenvalue weighted by atomic mass is 10.1. The van der Waals surface area contributed by atoms with Crippen LogP contribution in [0.5, 0.6) is 5.88 Å². The van der Waals surface area contributed by atoms with Gasteiger partial charge in [0, 0.05) is 24.8 Å². The summed E-state index contributed by atoms with van der Waals surface area (Å²) in [6.45, 7) is 1.54. The van der Waals surface area contributed by atoms with Crippen LogP contribution in [0.4, 0.5) is 0 Å². The fourth-order valence-electron chi connectivity index (χ4n) is 3.31. The molecular weight excluding hydrogens is 406 g/mol. The van der Waals surface area contributed by atoms with Crippen molar-refractivity contribution in [2.45, 2.75) is 32.1 Å². The van der Waals surface area contributed by atoms with Gasteiger partial charge in [-0.3, -0.25) is 0 Å². The number of ether oxygens (including phenoxy) is 2. The molecule has 4 rings (SSSR count). The van der Waals surface area contributed by atoms with E-state index in [2.05, 4.69) is 15.3 Å². The second kappa shape index (κ2) is 9.11. The first-order valence-electron chi connectivity index (χ1n) is 9.98. The molecule has 0 saturated carbocycles. The van der Waals surface area contributed by atoms with Crippen LogP contribution in [-0.2, 0) is 21.1 Å². The van der Waals surface area contributed by atoms with E-state index in [1.165, 1.54) is 12.6 Å². The van der Waals surface area contributed by atoms with Crippen molar-refractivity contribution in [2.75, 3.05) is 25.2 Å². The Balaban J connectivity index is 1.49. The van der Waals surface area contributed by atoms with Crippen LogP contribution in [0.3, 0.4) is 0 Å². The molecule has 3 aromatic rings. The van der Waals surface area contributed by atoms with Crippen LogP contribution in [0.1, 0.15) is 25.0 Å². The average molecular weight is 432 g/mol. The van der Waals surface area contributed by atoms with Crippen molar-refractivity contribution in [2.24, 2.45) is 0 Å². The van der Waals surface area contributed by atoms with Crippen molar-refractivity contribution in [3.8, 4) is 17.2 Å². The van der Waals surface area contributed by atoms with Gasteiger partial charge in [0.25, 0.3) is 0 Å². The summed E-state index contributed by atoms with van der Waals surface area (Å²) in [5, 5.41) is 3.88. The largest absolute Gasteiger partial charge is 0.460 e. The molecule has 1 aromatic carbocycles. The first-order valence-corrected chi connectivity index (χ1v) is 12.0. The molecular formula is C21H25N3O5S. The van der Waals surface area contributed by atoms with Gasteiger partial charge in [0.15, 0.2) is 0 Å². The highest BCUT2D eigenvalue weighted by Crippen LogP contribution is 2.30. The van der Waals surface area contributed by atoms with Gasteiger partial charge in [-0.1, -0.05) is 0 Å². The third-order valence-corrected chi connectivity index (χ3v) is 5.82. The molecule has 1 aliphatic heterocycles. The first-order chi connectivity index (χ1) is 14.5. The van der Waals surface area contributed by atoms with E-state index < -0.39 is 9.84 Å². The van der Waals surface area contributed by atoms with Gasteiger partial charge in [0.05, 0.1) is 29.8 Å². The van der Waals surface area contributed by atoms with E-state index >= 15 is 0 Å². The lowest BCUT2D eigenvalue weighted by Gasteiger charge is -2.23. The third-order valence-electron chi connectivity index (χ3n) is 4.87. The van der Waals surface area contributed by atoms with E-state index in [0.29, 0.717) is 31.3 Å². The molecule has 2 aromatic heterocycles. The van der Waals surface area contributed by atoms with Gasteiger partial charge in [-0.15, -0.1) is 0 Å². The second-order valence-corrected chi connectivity index (χ2v) is 9.66. The summed E-state index contributed by atoms with van der Waals surface area (Å²) in [6.07, 6.45) is 5.41. The standard InChI is InChI=1S/C21H25N3O5S/c1-30(25,26)11-9-22-13-16-6-8-19(28-16)15-5-7-18-17(12-15)21(24-14-23-18)29-20-4-2-3-10-27-20/h5-8,12,14,20,22H,2-4,9-11,13H2,1H3/t20-/m1/s1. The van der Waals surface area contributed by atoms with E-state index in [4.69, 9.17) is 13.9 Å². The monoisotopic (exact) mass is 431 g/mol. The summed E-state index contributed by atoms with van der Waals surface area (Å²) in [5.74, 6) is 2.04. The minimum Gasteiger partial charge on any atom is -0.460 e. The van der Waals surface area contributed by atoms with Crippen molar-refractivity contribution in [3.63, 3.8) is 0 Å². The Labute approximate surface area is 175 Å². The smallest absolute Gasteiger partial charge is 0.226 e. The SMILES string of the molecule is CS(=O)(=O)CCNCc1ccc(-c2ccc3ncnc(O[C@@H]4CCCCO4)c3c2)o1.